The minimum atomic E-state index is -0.803. The molecule has 0 saturated heterocycles. The van der Waals surface area contributed by atoms with Crippen molar-refractivity contribution in [1.29, 1.82) is 0 Å². The first-order valence-corrected chi connectivity index (χ1v) is 9.36. The molecule has 0 amide bonds. The monoisotopic (exact) mass is 454 g/mol. The molecule has 4 rings (SSSR count). The smallest absolute Gasteiger partial charge is 0.336 e. The van der Waals surface area contributed by atoms with Crippen molar-refractivity contribution >= 4 is 39.1 Å². The molecule has 0 unspecified atom stereocenters. The van der Waals surface area contributed by atoms with Gasteiger partial charge in [-0.1, -0.05) is 51.3 Å². The zero-order chi connectivity index (χ0) is 18.6. The minimum Gasteiger partial charge on any atom is -0.493 e. The van der Waals surface area contributed by atoms with Gasteiger partial charge in [-0.05, 0) is 35.9 Å². The third-order valence-corrected chi connectivity index (χ3v) is 5.50. The predicted octanol–water partition coefficient (Wildman–Crippen LogP) is 3.92. The van der Waals surface area contributed by atoms with Gasteiger partial charge >= 0.3 is 5.69 Å². The first kappa shape index (κ1) is 17.7. The Labute approximate surface area is 167 Å². The average Bonchev–Trinajstić information content (AvgIpc) is 3.02. The molecule has 2 heterocycles. The number of hydrogen-bond donors (Lipinski definition) is 2. The number of fused-ring (bicyclic) bond motifs is 1. The van der Waals surface area contributed by atoms with Crippen LogP contribution < -0.4 is 5.69 Å². The van der Waals surface area contributed by atoms with Crippen LogP contribution in [0, 0.1) is 0 Å². The van der Waals surface area contributed by atoms with Crippen molar-refractivity contribution in [3.8, 4) is 11.6 Å². The minimum absolute atomic E-state index is 0.101. The quantitative estimate of drug-likeness (QED) is 0.615. The Kier molecular flexibility index (Phi) is 4.39. The second-order valence-electron chi connectivity index (χ2n) is 6.16. The van der Waals surface area contributed by atoms with E-state index in [1.54, 1.807) is 18.2 Å². The second kappa shape index (κ2) is 6.46. The van der Waals surface area contributed by atoms with Crippen molar-refractivity contribution in [3.05, 3.63) is 78.7 Å². The molecule has 3 aromatic rings. The van der Waals surface area contributed by atoms with Gasteiger partial charge in [0.05, 0.1) is 29.9 Å². The van der Waals surface area contributed by atoms with E-state index in [4.69, 9.17) is 23.2 Å². The van der Waals surface area contributed by atoms with Crippen molar-refractivity contribution in [3.63, 3.8) is 0 Å². The summed E-state index contributed by atoms with van der Waals surface area (Å²) in [7, 11) is 0. The molecule has 0 bridgehead atoms. The second-order valence-corrected chi connectivity index (χ2v) is 7.95. The first-order valence-electron chi connectivity index (χ1n) is 7.81. The highest BCUT2D eigenvalue weighted by Gasteiger charge is 2.39. The largest absolute Gasteiger partial charge is 0.493 e. The molecule has 134 valence electrons. The van der Waals surface area contributed by atoms with E-state index in [0.29, 0.717) is 21.4 Å². The number of halogens is 3. The zero-order valence-corrected chi connectivity index (χ0v) is 16.3. The lowest BCUT2D eigenvalue weighted by Gasteiger charge is -2.16. The number of aromatic nitrogens is 2. The summed E-state index contributed by atoms with van der Waals surface area (Å²) in [6.07, 6.45) is -0.803. The lowest BCUT2D eigenvalue weighted by molar-refractivity contribution is 0.158. The summed E-state index contributed by atoms with van der Waals surface area (Å²) in [6.45, 7) is 0.101. The van der Waals surface area contributed by atoms with Crippen LogP contribution in [0.3, 0.4) is 0 Å². The van der Waals surface area contributed by atoms with Crippen molar-refractivity contribution in [2.75, 3.05) is 0 Å². The van der Waals surface area contributed by atoms with Gasteiger partial charge in [0.25, 0.3) is 0 Å². The van der Waals surface area contributed by atoms with E-state index in [9.17, 15) is 15.0 Å². The standard InChI is InChI=1S/C18H13BrCl2N2O3/c19-10-3-1-9(2-4-10)15-14(24)8-22-16(15)17(25)23(18(22)26)13-6-11(20)5-12(21)7-13/h1-7,14-15,24-25H,8H2/t14-,15+/m1/s1. The van der Waals surface area contributed by atoms with Gasteiger partial charge in [0.15, 0.2) is 0 Å². The molecule has 1 aliphatic heterocycles. The molecule has 0 aliphatic carbocycles. The van der Waals surface area contributed by atoms with E-state index in [0.717, 1.165) is 14.6 Å². The summed E-state index contributed by atoms with van der Waals surface area (Å²) >= 11 is 15.4. The third kappa shape index (κ3) is 2.77. The van der Waals surface area contributed by atoms with Gasteiger partial charge in [-0.25, -0.2) is 9.36 Å². The van der Waals surface area contributed by atoms with E-state index >= 15 is 0 Å². The van der Waals surface area contributed by atoms with Gasteiger partial charge in [0.2, 0.25) is 5.88 Å². The van der Waals surface area contributed by atoms with Crippen LogP contribution >= 0.6 is 39.1 Å². The topological polar surface area (TPSA) is 67.4 Å². The molecule has 5 nitrogen and oxygen atoms in total. The van der Waals surface area contributed by atoms with Gasteiger partial charge in [-0.2, -0.15) is 0 Å². The van der Waals surface area contributed by atoms with E-state index < -0.39 is 17.7 Å². The number of aliphatic hydroxyl groups excluding tert-OH is 1. The summed E-state index contributed by atoms with van der Waals surface area (Å²) in [5.41, 5.74) is 1.11. The molecular formula is C18H13BrCl2N2O3. The number of nitrogens with zero attached hydrogens (tertiary/aromatic N) is 2. The molecule has 2 N–H and O–H groups in total. The van der Waals surface area contributed by atoms with Crippen molar-refractivity contribution in [2.24, 2.45) is 0 Å². The number of hydrogen-bond acceptors (Lipinski definition) is 3. The van der Waals surface area contributed by atoms with Gasteiger partial charge in [0.1, 0.15) is 0 Å². The molecule has 1 aromatic heterocycles. The van der Waals surface area contributed by atoms with Gasteiger partial charge in [0, 0.05) is 14.5 Å². The molecule has 1 aliphatic rings. The Balaban J connectivity index is 1.91. The van der Waals surface area contributed by atoms with Crippen LogP contribution in [-0.2, 0) is 6.54 Å². The van der Waals surface area contributed by atoms with Crippen molar-refractivity contribution in [1.82, 2.24) is 9.13 Å². The molecule has 26 heavy (non-hydrogen) atoms. The average molecular weight is 456 g/mol. The number of aromatic hydroxyl groups is 1. The molecular weight excluding hydrogens is 443 g/mol. The first-order chi connectivity index (χ1) is 12.4. The molecule has 8 heteroatoms. The molecule has 0 fully saturated rings. The van der Waals surface area contributed by atoms with Crippen LogP contribution in [0.1, 0.15) is 17.2 Å². The lowest BCUT2D eigenvalue weighted by Crippen LogP contribution is -2.25. The highest BCUT2D eigenvalue weighted by atomic mass is 79.9. The fourth-order valence-corrected chi connectivity index (χ4v) is 4.24. The van der Waals surface area contributed by atoms with Gasteiger partial charge < -0.3 is 10.2 Å². The number of imidazole rings is 1. The molecule has 2 atom stereocenters. The fourth-order valence-electron chi connectivity index (χ4n) is 3.46. The van der Waals surface area contributed by atoms with Gasteiger partial charge in [-0.15, -0.1) is 0 Å². The highest BCUT2D eigenvalue weighted by Crippen LogP contribution is 2.40. The maximum atomic E-state index is 12.8. The van der Waals surface area contributed by atoms with Crippen LogP contribution in [0.4, 0.5) is 0 Å². The Bertz CT molecular complexity index is 1040. The fraction of sp³-hybridized carbons (Fsp3) is 0.167. The van der Waals surface area contributed by atoms with E-state index in [-0.39, 0.29) is 12.4 Å². The summed E-state index contributed by atoms with van der Waals surface area (Å²) in [5, 5.41) is 22.0. The maximum Gasteiger partial charge on any atom is 0.336 e. The van der Waals surface area contributed by atoms with Crippen molar-refractivity contribution in [2.45, 2.75) is 18.6 Å². The van der Waals surface area contributed by atoms with Gasteiger partial charge in [-0.3, -0.25) is 4.57 Å². The van der Waals surface area contributed by atoms with Crippen LogP contribution in [0.5, 0.6) is 5.88 Å². The maximum absolute atomic E-state index is 12.8. The molecule has 0 spiro atoms. The van der Waals surface area contributed by atoms with Crippen LogP contribution in [0.25, 0.3) is 5.69 Å². The van der Waals surface area contributed by atoms with E-state index in [1.807, 2.05) is 24.3 Å². The molecule has 0 radical (unpaired) electrons. The van der Waals surface area contributed by atoms with Crippen LogP contribution in [0.15, 0.2) is 51.7 Å². The Morgan fingerprint density at radius 1 is 1.08 bits per heavy atom. The Morgan fingerprint density at radius 2 is 1.69 bits per heavy atom. The van der Waals surface area contributed by atoms with E-state index in [2.05, 4.69) is 15.9 Å². The number of rotatable bonds is 2. The van der Waals surface area contributed by atoms with Crippen LogP contribution in [0.2, 0.25) is 10.0 Å². The summed E-state index contributed by atoms with van der Waals surface area (Å²) < 4.78 is 3.45. The van der Waals surface area contributed by atoms with Crippen LogP contribution in [-0.4, -0.2) is 25.5 Å². The molecule has 2 aromatic carbocycles. The van der Waals surface area contributed by atoms with E-state index in [1.165, 1.54) is 4.57 Å². The Hall–Kier alpha value is -1.73. The molecule has 0 saturated carbocycles. The number of benzene rings is 2. The number of aliphatic hydroxyl groups is 1. The summed E-state index contributed by atoms with van der Waals surface area (Å²) in [6, 6.07) is 12.1. The normalized spacial score (nSPS) is 18.9. The SMILES string of the molecule is O=c1n2c(c(O)n1-c1cc(Cl)cc(Cl)c1)[C@@H](c1ccc(Br)cc1)[C@H](O)C2. The van der Waals surface area contributed by atoms with Crippen molar-refractivity contribution < 1.29 is 10.2 Å². The summed E-state index contributed by atoms with van der Waals surface area (Å²) in [5.74, 6) is -0.732. The Morgan fingerprint density at radius 3 is 2.31 bits per heavy atom. The predicted molar refractivity (Wildman–Crippen MR) is 104 cm³/mol. The summed E-state index contributed by atoms with van der Waals surface area (Å²) in [4.78, 5) is 12.8. The highest BCUT2D eigenvalue weighted by molar-refractivity contribution is 9.10. The zero-order valence-electron chi connectivity index (χ0n) is 13.2. The lowest BCUT2D eigenvalue weighted by atomic mass is 9.93. The third-order valence-electron chi connectivity index (χ3n) is 4.54.